The van der Waals surface area contributed by atoms with E-state index in [1.807, 2.05) is 18.2 Å². The molecule has 2 unspecified atom stereocenters. The second-order valence-electron chi connectivity index (χ2n) is 4.97. The van der Waals surface area contributed by atoms with Crippen LogP contribution in [0.2, 0.25) is 0 Å². The third kappa shape index (κ3) is 3.61. The Morgan fingerprint density at radius 1 is 1.37 bits per heavy atom. The SMILES string of the molecule is COc1ccc(OC)c(C(C)NCC2CCOC2)c1. The normalized spacial score (nSPS) is 20.3. The predicted octanol–water partition coefficient (Wildman–Crippen LogP) is 2.39. The first-order valence-corrected chi connectivity index (χ1v) is 6.77. The van der Waals surface area contributed by atoms with Gasteiger partial charge in [0, 0.05) is 24.8 Å². The molecule has 1 heterocycles. The molecule has 106 valence electrons. The standard InChI is InChI=1S/C15H23NO3/c1-11(16-9-12-6-7-19-10-12)14-8-13(17-2)4-5-15(14)18-3/h4-5,8,11-12,16H,6-7,9-10H2,1-3H3. The molecule has 1 saturated heterocycles. The topological polar surface area (TPSA) is 39.7 Å². The van der Waals surface area contributed by atoms with Crippen molar-refractivity contribution in [3.63, 3.8) is 0 Å². The first kappa shape index (κ1) is 14.2. The van der Waals surface area contributed by atoms with Crippen molar-refractivity contribution >= 4 is 0 Å². The van der Waals surface area contributed by atoms with E-state index in [-0.39, 0.29) is 6.04 Å². The highest BCUT2D eigenvalue weighted by molar-refractivity contribution is 5.42. The summed E-state index contributed by atoms with van der Waals surface area (Å²) in [5, 5.41) is 3.55. The third-order valence-electron chi connectivity index (χ3n) is 3.64. The summed E-state index contributed by atoms with van der Waals surface area (Å²) in [5.41, 5.74) is 1.13. The zero-order valence-electron chi connectivity index (χ0n) is 11.9. The number of methoxy groups -OCH3 is 2. The molecule has 4 nitrogen and oxygen atoms in total. The zero-order chi connectivity index (χ0) is 13.7. The fraction of sp³-hybridized carbons (Fsp3) is 0.600. The van der Waals surface area contributed by atoms with Crippen molar-refractivity contribution in [2.75, 3.05) is 34.0 Å². The highest BCUT2D eigenvalue weighted by Crippen LogP contribution is 2.29. The Labute approximate surface area is 115 Å². The molecule has 0 radical (unpaired) electrons. The van der Waals surface area contributed by atoms with Crippen molar-refractivity contribution in [1.29, 1.82) is 0 Å². The summed E-state index contributed by atoms with van der Waals surface area (Å²) in [6.45, 7) is 4.88. The highest BCUT2D eigenvalue weighted by atomic mass is 16.5. The van der Waals surface area contributed by atoms with Gasteiger partial charge in [-0.3, -0.25) is 0 Å². The third-order valence-corrected chi connectivity index (χ3v) is 3.64. The molecule has 0 bridgehead atoms. The molecule has 1 N–H and O–H groups in total. The van der Waals surface area contributed by atoms with E-state index >= 15 is 0 Å². The van der Waals surface area contributed by atoms with Crippen molar-refractivity contribution < 1.29 is 14.2 Å². The van der Waals surface area contributed by atoms with Crippen LogP contribution in [0.3, 0.4) is 0 Å². The van der Waals surface area contributed by atoms with Crippen LogP contribution < -0.4 is 14.8 Å². The van der Waals surface area contributed by atoms with Crippen molar-refractivity contribution in [1.82, 2.24) is 5.32 Å². The van der Waals surface area contributed by atoms with Crippen LogP contribution >= 0.6 is 0 Å². The van der Waals surface area contributed by atoms with Crippen molar-refractivity contribution in [3.05, 3.63) is 23.8 Å². The summed E-state index contributed by atoms with van der Waals surface area (Å²) < 4.78 is 16.1. The summed E-state index contributed by atoms with van der Waals surface area (Å²) in [5.74, 6) is 2.37. The monoisotopic (exact) mass is 265 g/mol. The molecule has 0 saturated carbocycles. The molecular weight excluding hydrogens is 242 g/mol. The van der Waals surface area contributed by atoms with Gasteiger partial charge in [-0.1, -0.05) is 0 Å². The number of nitrogens with one attached hydrogen (secondary N) is 1. The number of hydrogen-bond acceptors (Lipinski definition) is 4. The molecule has 19 heavy (non-hydrogen) atoms. The van der Waals surface area contributed by atoms with Crippen molar-refractivity contribution in [2.24, 2.45) is 5.92 Å². The van der Waals surface area contributed by atoms with E-state index in [0.717, 1.165) is 43.2 Å². The molecule has 0 spiro atoms. The summed E-state index contributed by atoms with van der Waals surface area (Å²) in [4.78, 5) is 0. The van der Waals surface area contributed by atoms with Crippen LogP contribution in [0, 0.1) is 5.92 Å². The van der Waals surface area contributed by atoms with E-state index in [0.29, 0.717) is 5.92 Å². The molecule has 1 fully saturated rings. The fourth-order valence-electron chi connectivity index (χ4n) is 2.38. The lowest BCUT2D eigenvalue weighted by molar-refractivity contribution is 0.184. The molecule has 1 aromatic carbocycles. The molecular formula is C15H23NO3. The Balaban J connectivity index is 2.01. The maximum Gasteiger partial charge on any atom is 0.123 e. The Morgan fingerprint density at radius 2 is 2.21 bits per heavy atom. The maximum atomic E-state index is 5.42. The molecule has 4 heteroatoms. The van der Waals surface area contributed by atoms with Crippen molar-refractivity contribution in [2.45, 2.75) is 19.4 Å². The minimum Gasteiger partial charge on any atom is -0.497 e. The minimum absolute atomic E-state index is 0.227. The van der Waals surface area contributed by atoms with E-state index in [2.05, 4.69) is 12.2 Å². The van der Waals surface area contributed by atoms with E-state index in [1.54, 1.807) is 14.2 Å². The van der Waals surface area contributed by atoms with Crippen LogP contribution in [0.25, 0.3) is 0 Å². The second-order valence-corrected chi connectivity index (χ2v) is 4.97. The first-order valence-electron chi connectivity index (χ1n) is 6.77. The van der Waals surface area contributed by atoms with Gasteiger partial charge in [0.1, 0.15) is 11.5 Å². The lowest BCUT2D eigenvalue weighted by Gasteiger charge is -2.19. The van der Waals surface area contributed by atoms with Gasteiger partial charge in [0.15, 0.2) is 0 Å². The summed E-state index contributed by atoms with van der Waals surface area (Å²) in [6, 6.07) is 6.12. The van der Waals surface area contributed by atoms with Gasteiger partial charge in [0.05, 0.1) is 20.8 Å². The number of ether oxygens (including phenoxy) is 3. The minimum atomic E-state index is 0.227. The van der Waals surface area contributed by atoms with Crippen LogP contribution in [0.1, 0.15) is 24.9 Å². The summed E-state index contributed by atoms with van der Waals surface area (Å²) >= 11 is 0. The Morgan fingerprint density at radius 3 is 2.84 bits per heavy atom. The van der Waals surface area contributed by atoms with E-state index in [4.69, 9.17) is 14.2 Å². The zero-order valence-corrected chi connectivity index (χ0v) is 11.9. The Bertz CT molecular complexity index is 402. The Kier molecular flexibility index (Phi) is 5.05. The average molecular weight is 265 g/mol. The maximum absolute atomic E-state index is 5.42. The van der Waals surface area contributed by atoms with Gasteiger partial charge in [-0.25, -0.2) is 0 Å². The molecule has 1 aliphatic heterocycles. The molecule has 0 aliphatic carbocycles. The number of hydrogen-bond donors (Lipinski definition) is 1. The van der Waals surface area contributed by atoms with Crippen molar-refractivity contribution in [3.8, 4) is 11.5 Å². The molecule has 0 amide bonds. The number of rotatable bonds is 6. The lowest BCUT2D eigenvalue weighted by Crippen LogP contribution is -2.26. The van der Waals surface area contributed by atoms with Crippen LogP contribution in [0.4, 0.5) is 0 Å². The summed E-state index contributed by atoms with van der Waals surface area (Å²) in [6.07, 6.45) is 1.15. The fourth-order valence-corrected chi connectivity index (χ4v) is 2.38. The average Bonchev–Trinajstić information content (AvgIpc) is 2.97. The van der Waals surface area contributed by atoms with Crippen LogP contribution in [-0.2, 0) is 4.74 Å². The van der Waals surface area contributed by atoms with E-state index in [9.17, 15) is 0 Å². The molecule has 0 aromatic heterocycles. The van der Waals surface area contributed by atoms with E-state index < -0.39 is 0 Å². The van der Waals surface area contributed by atoms with Gasteiger partial charge >= 0.3 is 0 Å². The molecule has 1 aromatic rings. The van der Waals surface area contributed by atoms with Gasteiger partial charge in [-0.05, 0) is 37.5 Å². The van der Waals surface area contributed by atoms with E-state index in [1.165, 1.54) is 0 Å². The van der Waals surface area contributed by atoms with Crippen LogP contribution in [0.5, 0.6) is 11.5 Å². The quantitative estimate of drug-likeness (QED) is 0.857. The Hall–Kier alpha value is -1.26. The highest BCUT2D eigenvalue weighted by Gasteiger charge is 2.18. The predicted molar refractivity (Wildman–Crippen MR) is 74.9 cm³/mol. The number of benzene rings is 1. The van der Waals surface area contributed by atoms with Gasteiger partial charge < -0.3 is 19.5 Å². The summed E-state index contributed by atoms with van der Waals surface area (Å²) in [7, 11) is 3.38. The van der Waals surface area contributed by atoms with Crippen LogP contribution in [0.15, 0.2) is 18.2 Å². The van der Waals surface area contributed by atoms with Gasteiger partial charge in [-0.2, -0.15) is 0 Å². The molecule has 1 aliphatic rings. The van der Waals surface area contributed by atoms with Gasteiger partial charge in [-0.15, -0.1) is 0 Å². The van der Waals surface area contributed by atoms with Crippen LogP contribution in [-0.4, -0.2) is 34.0 Å². The second kappa shape index (κ2) is 6.78. The first-order chi connectivity index (χ1) is 9.24. The largest absolute Gasteiger partial charge is 0.497 e. The van der Waals surface area contributed by atoms with Gasteiger partial charge in [0.25, 0.3) is 0 Å². The molecule has 2 rings (SSSR count). The van der Waals surface area contributed by atoms with Gasteiger partial charge in [0.2, 0.25) is 0 Å². The molecule has 2 atom stereocenters. The lowest BCUT2D eigenvalue weighted by atomic mass is 10.0. The smallest absolute Gasteiger partial charge is 0.123 e.